The molecule has 9 nitrogen and oxygen atoms in total. The van der Waals surface area contributed by atoms with Crippen molar-refractivity contribution in [3.05, 3.63) is 66.9 Å². The summed E-state index contributed by atoms with van der Waals surface area (Å²) in [6.45, 7) is -1.43. The van der Waals surface area contributed by atoms with Gasteiger partial charge in [-0.25, -0.2) is 14.8 Å². The van der Waals surface area contributed by atoms with Gasteiger partial charge in [0, 0.05) is 30.1 Å². The molecule has 4 rings (SSSR count). The molecule has 12 heteroatoms. The van der Waals surface area contributed by atoms with Crippen LogP contribution < -0.4 is 16.0 Å². The van der Waals surface area contributed by atoms with Gasteiger partial charge in [-0.2, -0.15) is 13.2 Å². The SMILES string of the molecule is Cn1cncc1NC(=O)c1ccn2c(-c3cccc(NC(=O)NCC(F)(F)F)c3)cnc2c1. The van der Waals surface area contributed by atoms with Gasteiger partial charge in [0.1, 0.15) is 18.0 Å². The van der Waals surface area contributed by atoms with Gasteiger partial charge >= 0.3 is 12.2 Å². The fourth-order valence-corrected chi connectivity index (χ4v) is 3.11. The van der Waals surface area contributed by atoms with Crippen LogP contribution in [0.1, 0.15) is 10.4 Å². The first-order valence-corrected chi connectivity index (χ1v) is 9.66. The smallest absolute Gasteiger partial charge is 0.329 e. The minimum Gasteiger partial charge on any atom is -0.329 e. The van der Waals surface area contributed by atoms with Crippen molar-refractivity contribution < 1.29 is 22.8 Å². The molecule has 0 spiro atoms. The molecule has 4 aromatic rings. The summed E-state index contributed by atoms with van der Waals surface area (Å²) in [5, 5.41) is 6.89. The van der Waals surface area contributed by atoms with E-state index in [1.165, 1.54) is 6.20 Å². The predicted octanol–water partition coefficient (Wildman–Crippen LogP) is 3.67. The van der Waals surface area contributed by atoms with Gasteiger partial charge in [-0.1, -0.05) is 12.1 Å². The number of carbonyl (C=O) groups is 2. The Kier molecular flexibility index (Phi) is 5.73. The molecule has 1 aromatic carbocycles. The maximum atomic E-state index is 12.5. The van der Waals surface area contributed by atoms with Crippen molar-refractivity contribution >= 4 is 29.1 Å². The maximum absolute atomic E-state index is 12.5. The number of aromatic nitrogens is 4. The summed E-state index contributed by atoms with van der Waals surface area (Å²) in [6, 6.07) is 8.89. The van der Waals surface area contributed by atoms with Crippen molar-refractivity contribution in [2.75, 3.05) is 17.2 Å². The molecule has 0 aliphatic rings. The summed E-state index contributed by atoms with van der Waals surface area (Å²) >= 11 is 0. The average Bonchev–Trinajstić information content (AvgIpc) is 3.37. The number of carbonyl (C=O) groups excluding carboxylic acids is 2. The van der Waals surface area contributed by atoms with Crippen LogP contribution in [0.25, 0.3) is 16.9 Å². The van der Waals surface area contributed by atoms with Gasteiger partial charge in [0.2, 0.25) is 0 Å². The number of alkyl halides is 3. The summed E-state index contributed by atoms with van der Waals surface area (Å²) in [5.74, 6) is 0.231. The second-order valence-electron chi connectivity index (χ2n) is 7.13. The summed E-state index contributed by atoms with van der Waals surface area (Å²) < 4.78 is 40.2. The van der Waals surface area contributed by atoms with E-state index in [9.17, 15) is 22.8 Å². The van der Waals surface area contributed by atoms with Crippen LogP contribution in [0.5, 0.6) is 0 Å². The number of hydrogen-bond acceptors (Lipinski definition) is 4. The standard InChI is InChI=1S/C21H18F3N7O2/c1-30-12-25-10-18(30)29-19(32)14-5-6-31-16(9-26-17(31)8-14)13-3-2-4-15(7-13)28-20(33)27-11-21(22,23)24/h2-10,12H,11H2,1H3,(H,29,32)(H2,27,28,33). The molecule has 0 aliphatic heterocycles. The number of imidazole rings is 2. The van der Waals surface area contributed by atoms with Crippen LogP contribution in [0.2, 0.25) is 0 Å². The zero-order chi connectivity index (χ0) is 23.6. The Morgan fingerprint density at radius 2 is 1.91 bits per heavy atom. The van der Waals surface area contributed by atoms with Gasteiger partial charge in [-0.15, -0.1) is 0 Å². The van der Waals surface area contributed by atoms with Gasteiger partial charge in [0.05, 0.1) is 24.4 Å². The molecular formula is C21H18F3N7O2. The lowest BCUT2D eigenvalue weighted by molar-refractivity contribution is -0.122. The van der Waals surface area contributed by atoms with Crippen LogP contribution >= 0.6 is 0 Å². The Morgan fingerprint density at radius 3 is 2.64 bits per heavy atom. The Hall–Kier alpha value is -4.35. The summed E-state index contributed by atoms with van der Waals surface area (Å²) in [5.41, 5.74) is 2.57. The number of benzene rings is 1. The molecule has 3 heterocycles. The Morgan fingerprint density at radius 1 is 1.09 bits per heavy atom. The molecular weight excluding hydrogens is 439 g/mol. The fourth-order valence-electron chi connectivity index (χ4n) is 3.11. The highest BCUT2D eigenvalue weighted by atomic mass is 19.4. The quantitative estimate of drug-likeness (QED) is 0.425. The maximum Gasteiger partial charge on any atom is 0.405 e. The van der Waals surface area contributed by atoms with E-state index < -0.39 is 18.8 Å². The van der Waals surface area contributed by atoms with Gasteiger partial charge in [0.15, 0.2) is 0 Å². The van der Waals surface area contributed by atoms with Gasteiger partial charge in [-0.3, -0.25) is 9.20 Å². The lowest BCUT2D eigenvalue weighted by Crippen LogP contribution is -2.36. The number of anilines is 2. The number of aryl methyl sites for hydroxylation is 1. The molecule has 3 amide bonds. The third-order valence-corrected chi connectivity index (χ3v) is 4.70. The van der Waals surface area contributed by atoms with Crippen LogP contribution in [0, 0.1) is 0 Å². The number of halogens is 3. The molecule has 0 bridgehead atoms. The molecule has 33 heavy (non-hydrogen) atoms. The van der Waals surface area contributed by atoms with E-state index in [4.69, 9.17) is 0 Å². The topological polar surface area (TPSA) is 105 Å². The van der Waals surface area contributed by atoms with Crippen molar-refractivity contribution in [1.29, 1.82) is 0 Å². The van der Waals surface area contributed by atoms with E-state index in [-0.39, 0.29) is 5.91 Å². The van der Waals surface area contributed by atoms with Crippen molar-refractivity contribution in [3.63, 3.8) is 0 Å². The van der Waals surface area contributed by atoms with Crippen molar-refractivity contribution in [2.24, 2.45) is 7.05 Å². The normalized spacial score (nSPS) is 11.4. The molecule has 0 unspecified atom stereocenters. The molecule has 0 saturated heterocycles. The van der Waals surface area contributed by atoms with E-state index in [0.29, 0.717) is 34.0 Å². The Labute approximate surface area is 185 Å². The first-order chi connectivity index (χ1) is 15.7. The van der Waals surface area contributed by atoms with Crippen LogP contribution in [-0.4, -0.2) is 43.6 Å². The first-order valence-electron chi connectivity index (χ1n) is 9.66. The highest BCUT2D eigenvalue weighted by Gasteiger charge is 2.27. The minimum absolute atomic E-state index is 0.314. The molecule has 0 radical (unpaired) electrons. The van der Waals surface area contributed by atoms with Gasteiger partial charge in [0.25, 0.3) is 5.91 Å². The van der Waals surface area contributed by atoms with E-state index >= 15 is 0 Å². The lowest BCUT2D eigenvalue weighted by Gasteiger charge is -2.11. The number of fused-ring (bicyclic) bond motifs is 1. The zero-order valence-corrected chi connectivity index (χ0v) is 17.2. The molecule has 170 valence electrons. The molecule has 0 atom stereocenters. The number of nitrogens with zero attached hydrogens (tertiary/aromatic N) is 4. The van der Waals surface area contributed by atoms with E-state index in [2.05, 4.69) is 20.6 Å². The third kappa shape index (κ3) is 5.11. The van der Waals surface area contributed by atoms with Crippen LogP contribution in [0.15, 0.2) is 61.3 Å². The van der Waals surface area contributed by atoms with Gasteiger partial charge in [-0.05, 0) is 24.3 Å². The van der Waals surface area contributed by atoms with Crippen molar-refractivity contribution in [3.8, 4) is 11.3 Å². The van der Waals surface area contributed by atoms with Gasteiger partial charge < -0.3 is 20.5 Å². The fraction of sp³-hybridized carbons (Fsp3) is 0.143. The molecule has 3 aromatic heterocycles. The van der Waals surface area contributed by atoms with Crippen LogP contribution in [-0.2, 0) is 7.05 Å². The zero-order valence-electron chi connectivity index (χ0n) is 17.2. The first kappa shape index (κ1) is 21.9. The molecule has 0 fully saturated rings. The predicted molar refractivity (Wildman–Crippen MR) is 115 cm³/mol. The highest BCUT2D eigenvalue weighted by Crippen LogP contribution is 2.24. The highest BCUT2D eigenvalue weighted by molar-refractivity contribution is 6.04. The number of urea groups is 1. The molecule has 0 aliphatic carbocycles. The lowest BCUT2D eigenvalue weighted by atomic mass is 10.1. The van der Waals surface area contributed by atoms with E-state index in [1.807, 2.05) is 0 Å². The average molecular weight is 457 g/mol. The van der Waals surface area contributed by atoms with E-state index in [1.54, 1.807) is 76.5 Å². The summed E-state index contributed by atoms with van der Waals surface area (Å²) in [7, 11) is 1.76. The Balaban J connectivity index is 1.52. The second-order valence-corrected chi connectivity index (χ2v) is 7.13. The number of rotatable bonds is 5. The van der Waals surface area contributed by atoms with Crippen molar-refractivity contribution in [2.45, 2.75) is 6.18 Å². The van der Waals surface area contributed by atoms with Crippen LogP contribution in [0.4, 0.5) is 29.5 Å². The summed E-state index contributed by atoms with van der Waals surface area (Å²) in [6.07, 6.45) is 1.90. The number of nitrogens with one attached hydrogen (secondary N) is 3. The summed E-state index contributed by atoms with van der Waals surface area (Å²) in [4.78, 5) is 32.6. The second kappa shape index (κ2) is 8.65. The largest absolute Gasteiger partial charge is 0.405 e. The monoisotopic (exact) mass is 457 g/mol. The number of hydrogen-bond donors (Lipinski definition) is 3. The Bertz CT molecular complexity index is 1330. The third-order valence-electron chi connectivity index (χ3n) is 4.70. The van der Waals surface area contributed by atoms with E-state index in [0.717, 1.165) is 0 Å². The molecule has 0 saturated carbocycles. The van der Waals surface area contributed by atoms with Crippen molar-refractivity contribution in [1.82, 2.24) is 24.3 Å². The minimum atomic E-state index is -4.50. The number of pyridine rings is 1. The number of amides is 3. The van der Waals surface area contributed by atoms with Crippen LogP contribution in [0.3, 0.4) is 0 Å². The molecule has 3 N–H and O–H groups in total.